The topological polar surface area (TPSA) is 92.4 Å². The summed E-state index contributed by atoms with van der Waals surface area (Å²) < 4.78 is 0. The van der Waals surface area contributed by atoms with Gasteiger partial charge in [-0.25, -0.2) is 9.59 Å². The van der Waals surface area contributed by atoms with Gasteiger partial charge in [-0.15, -0.1) is 11.3 Å². The number of rotatable bonds is 2. The standard InChI is InChI=1S/C11H14N2O3S/c12-11(16)13-9-8(10(14)15)6-4-2-1-3-5-7(6)17-9/h1-5H2,(H,14,15)(H3,12,13,16). The smallest absolute Gasteiger partial charge is 0.339 e. The monoisotopic (exact) mass is 254 g/mol. The summed E-state index contributed by atoms with van der Waals surface area (Å²) in [5.74, 6) is -0.992. The molecule has 17 heavy (non-hydrogen) atoms. The van der Waals surface area contributed by atoms with Gasteiger partial charge in [0.1, 0.15) is 5.00 Å². The number of thiophene rings is 1. The predicted octanol–water partition coefficient (Wildman–Crippen LogP) is 2.21. The first-order valence-corrected chi connectivity index (χ1v) is 6.35. The summed E-state index contributed by atoms with van der Waals surface area (Å²) in [5, 5.41) is 12.0. The molecule has 0 bridgehead atoms. The molecule has 2 amide bonds. The van der Waals surface area contributed by atoms with Crippen LogP contribution < -0.4 is 11.1 Å². The van der Waals surface area contributed by atoms with E-state index in [-0.39, 0.29) is 5.56 Å². The Labute approximate surface area is 103 Å². The van der Waals surface area contributed by atoms with E-state index in [1.165, 1.54) is 11.3 Å². The van der Waals surface area contributed by atoms with Crippen LogP contribution in [0.1, 0.15) is 40.1 Å². The third-order valence-electron chi connectivity index (χ3n) is 2.87. The van der Waals surface area contributed by atoms with Crippen molar-refractivity contribution in [2.24, 2.45) is 5.73 Å². The maximum absolute atomic E-state index is 11.3. The molecule has 0 unspecified atom stereocenters. The molecule has 1 aliphatic rings. The van der Waals surface area contributed by atoms with Crippen molar-refractivity contribution in [3.8, 4) is 0 Å². The molecule has 0 aliphatic heterocycles. The van der Waals surface area contributed by atoms with Crippen molar-refractivity contribution in [2.45, 2.75) is 32.1 Å². The fourth-order valence-corrected chi connectivity index (χ4v) is 3.45. The van der Waals surface area contributed by atoms with Crippen molar-refractivity contribution in [3.05, 3.63) is 16.0 Å². The minimum absolute atomic E-state index is 0.228. The number of carbonyl (C=O) groups is 2. The molecule has 92 valence electrons. The van der Waals surface area contributed by atoms with Crippen LogP contribution in [0.4, 0.5) is 9.80 Å². The summed E-state index contributed by atoms with van der Waals surface area (Å²) in [6.07, 6.45) is 4.86. The Morgan fingerprint density at radius 1 is 1.24 bits per heavy atom. The maximum Gasteiger partial charge on any atom is 0.339 e. The van der Waals surface area contributed by atoms with Crippen molar-refractivity contribution in [2.75, 3.05) is 5.32 Å². The highest BCUT2D eigenvalue weighted by Crippen LogP contribution is 2.37. The van der Waals surface area contributed by atoms with E-state index in [9.17, 15) is 14.7 Å². The zero-order chi connectivity index (χ0) is 12.4. The van der Waals surface area contributed by atoms with Gasteiger partial charge in [0.05, 0.1) is 5.56 Å². The molecule has 1 aromatic heterocycles. The number of carbonyl (C=O) groups excluding carboxylic acids is 1. The van der Waals surface area contributed by atoms with Gasteiger partial charge in [-0.1, -0.05) is 6.42 Å². The van der Waals surface area contributed by atoms with Crippen LogP contribution in [0.5, 0.6) is 0 Å². The molecule has 0 atom stereocenters. The first-order chi connectivity index (χ1) is 8.09. The van der Waals surface area contributed by atoms with Crippen LogP contribution in [0.2, 0.25) is 0 Å². The summed E-state index contributed by atoms with van der Waals surface area (Å²) in [6, 6.07) is -0.719. The van der Waals surface area contributed by atoms with Crippen LogP contribution in [-0.4, -0.2) is 17.1 Å². The van der Waals surface area contributed by atoms with E-state index in [1.54, 1.807) is 0 Å². The predicted molar refractivity (Wildman–Crippen MR) is 65.7 cm³/mol. The lowest BCUT2D eigenvalue weighted by Gasteiger charge is -2.02. The van der Waals surface area contributed by atoms with Gasteiger partial charge in [0.15, 0.2) is 0 Å². The largest absolute Gasteiger partial charge is 0.478 e. The Hall–Kier alpha value is -1.56. The number of aryl methyl sites for hydroxylation is 1. The van der Waals surface area contributed by atoms with Crippen LogP contribution in [0, 0.1) is 0 Å². The van der Waals surface area contributed by atoms with Crippen LogP contribution in [0.25, 0.3) is 0 Å². The lowest BCUT2D eigenvalue weighted by atomic mass is 10.1. The number of anilines is 1. The number of amides is 2. The van der Waals surface area contributed by atoms with E-state index in [4.69, 9.17) is 5.73 Å². The Kier molecular flexibility index (Phi) is 3.33. The van der Waals surface area contributed by atoms with Gasteiger partial charge in [-0.05, 0) is 31.2 Å². The average molecular weight is 254 g/mol. The Bertz CT molecular complexity index is 468. The molecule has 4 N–H and O–H groups in total. The first-order valence-electron chi connectivity index (χ1n) is 5.54. The maximum atomic E-state index is 11.3. The molecule has 0 fully saturated rings. The molecule has 1 aromatic rings. The number of nitrogens with two attached hydrogens (primary N) is 1. The fraction of sp³-hybridized carbons (Fsp3) is 0.455. The van der Waals surface area contributed by atoms with Crippen molar-refractivity contribution in [3.63, 3.8) is 0 Å². The van der Waals surface area contributed by atoms with E-state index in [1.807, 2.05) is 0 Å². The summed E-state index contributed by atoms with van der Waals surface area (Å²) in [5.41, 5.74) is 6.15. The van der Waals surface area contributed by atoms with Crippen LogP contribution in [-0.2, 0) is 12.8 Å². The molecule has 1 heterocycles. The van der Waals surface area contributed by atoms with Crippen molar-refractivity contribution in [1.29, 1.82) is 0 Å². The van der Waals surface area contributed by atoms with Gasteiger partial charge in [0.25, 0.3) is 0 Å². The normalized spacial score (nSPS) is 14.8. The van der Waals surface area contributed by atoms with Crippen LogP contribution in [0.3, 0.4) is 0 Å². The molecule has 6 heteroatoms. The van der Waals surface area contributed by atoms with Crippen molar-refractivity contribution >= 4 is 28.3 Å². The van der Waals surface area contributed by atoms with E-state index in [0.717, 1.165) is 42.5 Å². The molecule has 0 radical (unpaired) electrons. The number of primary amides is 1. The average Bonchev–Trinajstić information content (AvgIpc) is 2.42. The highest BCUT2D eigenvalue weighted by atomic mass is 32.1. The molecule has 2 rings (SSSR count). The van der Waals surface area contributed by atoms with Crippen molar-refractivity contribution < 1.29 is 14.7 Å². The van der Waals surface area contributed by atoms with Crippen LogP contribution in [0.15, 0.2) is 0 Å². The molecular formula is C11H14N2O3S. The van der Waals surface area contributed by atoms with E-state index in [0.29, 0.717) is 5.00 Å². The highest BCUT2D eigenvalue weighted by Gasteiger charge is 2.24. The molecule has 1 aliphatic carbocycles. The molecule has 5 nitrogen and oxygen atoms in total. The highest BCUT2D eigenvalue weighted by molar-refractivity contribution is 7.17. The third kappa shape index (κ3) is 2.41. The molecular weight excluding hydrogens is 240 g/mol. The first kappa shape index (κ1) is 11.9. The number of fused-ring (bicyclic) bond motifs is 1. The summed E-state index contributed by atoms with van der Waals surface area (Å²) in [7, 11) is 0. The number of urea groups is 1. The van der Waals surface area contributed by atoms with Gasteiger partial charge in [0, 0.05) is 4.88 Å². The second-order valence-corrected chi connectivity index (χ2v) is 5.17. The molecule has 0 aromatic carbocycles. The second-order valence-electron chi connectivity index (χ2n) is 4.06. The second kappa shape index (κ2) is 4.75. The number of aromatic carboxylic acids is 1. The van der Waals surface area contributed by atoms with Gasteiger partial charge in [-0.3, -0.25) is 5.32 Å². The minimum atomic E-state index is -0.992. The Morgan fingerprint density at radius 2 is 1.94 bits per heavy atom. The molecule has 0 saturated carbocycles. The summed E-state index contributed by atoms with van der Waals surface area (Å²) in [4.78, 5) is 23.2. The van der Waals surface area contributed by atoms with Gasteiger partial charge in [-0.2, -0.15) is 0 Å². The SMILES string of the molecule is NC(=O)Nc1sc2c(c1C(=O)O)CCCCC2. The van der Waals surface area contributed by atoms with E-state index < -0.39 is 12.0 Å². The molecule has 0 saturated heterocycles. The summed E-state index contributed by atoms with van der Waals surface area (Å²) in [6.45, 7) is 0. The minimum Gasteiger partial charge on any atom is -0.478 e. The number of nitrogens with one attached hydrogen (secondary N) is 1. The zero-order valence-corrected chi connectivity index (χ0v) is 10.1. The van der Waals surface area contributed by atoms with E-state index >= 15 is 0 Å². The number of carboxylic acids is 1. The molecule has 0 spiro atoms. The van der Waals surface area contributed by atoms with E-state index in [2.05, 4.69) is 5.32 Å². The van der Waals surface area contributed by atoms with Crippen LogP contribution >= 0.6 is 11.3 Å². The number of hydrogen-bond acceptors (Lipinski definition) is 3. The quantitative estimate of drug-likeness (QED) is 0.706. The third-order valence-corrected chi connectivity index (χ3v) is 4.08. The van der Waals surface area contributed by atoms with Gasteiger partial charge in [0.2, 0.25) is 0 Å². The lowest BCUT2D eigenvalue weighted by molar-refractivity contribution is 0.0697. The zero-order valence-electron chi connectivity index (χ0n) is 9.28. The van der Waals surface area contributed by atoms with Gasteiger partial charge < -0.3 is 10.8 Å². The Morgan fingerprint density at radius 3 is 2.59 bits per heavy atom. The number of hydrogen-bond donors (Lipinski definition) is 3. The Balaban J connectivity index is 2.46. The fourth-order valence-electron chi connectivity index (χ4n) is 2.17. The van der Waals surface area contributed by atoms with Gasteiger partial charge >= 0.3 is 12.0 Å². The lowest BCUT2D eigenvalue weighted by Crippen LogP contribution is -2.20. The number of carboxylic acid groups (broad SMARTS) is 1. The summed E-state index contributed by atoms with van der Waals surface area (Å²) >= 11 is 1.34. The van der Waals surface area contributed by atoms with Crippen molar-refractivity contribution in [1.82, 2.24) is 0 Å².